The van der Waals surface area contributed by atoms with Gasteiger partial charge in [0.2, 0.25) is 11.8 Å². The summed E-state index contributed by atoms with van der Waals surface area (Å²) in [7, 11) is 0. The van der Waals surface area contributed by atoms with E-state index < -0.39 is 23.4 Å². The lowest BCUT2D eigenvalue weighted by molar-refractivity contribution is -0.139. The van der Waals surface area contributed by atoms with Gasteiger partial charge >= 0.3 is 0 Å². The van der Waals surface area contributed by atoms with Gasteiger partial charge in [0.25, 0.3) is 0 Å². The normalized spacial score (nSPS) is 18.1. The second-order valence-corrected chi connectivity index (χ2v) is 8.94. The van der Waals surface area contributed by atoms with E-state index in [-0.39, 0.29) is 11.7 Å². The third-order valence-electron chi connectivity index (χ3n) is 4.89. The molecule has 1 aromatic carbocycles. The number of amides is 2. The lowest BCUT2D eigenvalue weighted by Gasteiger charge is -2.35. The third kappa shape index (κ3) is 4.32. The van der Waals surface area contributed by atoms with Crippen LogP contribution in [0.2, 0.25) is 0 Å². The molecule has 28 heavy (non-hydrogen) atoms. The van der Waals surface area contributed by atoms with Gasteiger partial charge in [0.05, 0.1) is 5.69 Å². The number of thiazole rings is 1. The summed E-state index contributed by atoms with van der Waals surface area (Å²) in [6, 6.07) is 5.01. The summed E-state index contributed by atoms with van der Waals surface area (Å²) in [5.41, 5.74) is 6.59. The molecule has 2 atom stereocenters. The van der Waals surface area contributed by atoms with Crippen LogP contribution in [0.5, 0.6) is 0 Å². The first-order valence-corrected chi connectivity index (χ1v) is 10.1. The van der Waals surface area contributed by atoms with Crippen molar-refractivity contribution in [3.8, 4) is 11.3 Å². The number of carbonyl (C=O) groups is 2. The number of nitrogens with one attached hydrogen (secondary N) is 1. The number of primary amides is 1. The van der Waals surface area contributed by atoms with Crippen LogP contribution >= 0.6 is 11.3 Å². The van der Waals surface area contributed by atoms with Crippen LogP contribution in [-0.4, -0.2) is 40.3 Å². The SMILES string of the molecule is CC(C)(C)[C@H](Nc1nc(-c2ccc(F)cc2)cs1)C(=O)N1CCC[C@H]1C(N)=O. The molecule has 3 N–H and O–H groups in total. The van der Waals surface area contributed by atoms with E-state index in [2.05, 4.69) is 10.3 Å². The van der Waals surface area contributed by atoms with E-state index >= 15 is 0 Å². The number of nitrogens with two attached hydrogens (primary N) is 1. The summed E-state index contributed by atoms with van der Waals surface area (Å²) in [4.78, 5) is 31.1. The number of benzene rings is 1. The number of aromatic nitrogens is 1. The molecule has 1 fully saturated rings. The van der Waals surface area contributed by atoms with E-state index in [1.165, 1.54) is 23.5 Å². The molecule has 2 heterocycles. The minimum atomic E-state index is -0.556. The van der Waals surface area contributed by atoms with Gasteiger partial charge in [-0.05, 0) is 42.5 Å². The molecule has 0 radical (unpaired) electrons. The van der Waals surface area contributed by atoms with Crippen molar-refractivity contribution in [2.75, 3.05) is 11.9 Å². The maximum atomic E-state index is 13.2. The first-order valence-electron chi connectivity index (χ1n) is 9.24. The summed E-state index contributed by atoms with van der Waals surface area (Å²) in [5, 5.41) is 5.71. The Labute approximate surface area is 167 Å². The summed E-state index contributed by atoms with van der Waals surface area (Å²) in [5.74, 6) is -0.913. The zero-order chi connectivity index (χ0) is 20.5. The van der Waals surface area contributed by atoms with E-state index in [0.717, 1.165) is 12.0 Å². The quantitative estimate of drug-likeness (QED) is 0.801. The van der Waals surface area contributed by atoms with E-state index in [1.54, 1.807) is 17.0 Å². The molecule has 8 heteroatoms. The minimum absolute atomic E-state index is 0.146. The lowest BCUT2D eigenvalue weighted by atomic mass is 9.85. The van der Waals surface area contributed by atoms with Gasteiger partial charge in [-0.15, -0.1) is 11.3 Å². The molecule has 2 aromatic rings. The Kier molecular flexibility index (Phi) is 5.69. The molecule has 0 spiro atoms. The van der Waals surface area contributed by atoms with E-state index in [9.17, 15) is 14.0 Å². The predicted octanol–water partition coefficient (Wildman–Crippen LogP) is 3.25. The Morgan fingerprint density at radius 1 is 1.32 bits per heavy atom. The van der Waals surface area contributed by atoms with Gasteiger partial charge in [0.15, 0.2) is 5.13 Å². The number of nitrogens with zero attached hydrogens (tertiary/aromatic N) is 2. The first kappa shape index (κ1) is 20.3. The summed E-state index contributed by atoms with van der Waals surface area (Å²) in [6.07, 6.45) is 1.37. The Hall–Kier alpha value is -2.48. The topological polar surface area (TPSA) is 88.3 Å². The van der Waals surface area contributed by atoms with Crippen molar-refractivity contribution in [3.63, 3.8) is 0 Å². The fourth-order valence-electron chi connectivity index (χ4n) is 3.36. The van der Waals surface area contributed by atoms with Crippen molar-refractivity contribution in [3.05, 3.63) is 35.5 Å². The number of anilines is 1. The van der Waals surface area contributed by atoms with Crippen LogP contribution in [0.25, 0.3) is 11.3 Å². The van der Waals surface area contributed by atoms with Crippen LogP contribution in [0.4, 0.5) is 9.52 Å². The maximum absolute atomic E-state index is 13.2. The summed E-state index contributed by atoms with van der Waals surface area (Å²) >= 11 is 1.38. The predicted molar refractivity (Wildman–Crippen MR) is 108 cm³/mol. The van der Waals surface area contributed by atoms with Gasteiger partial charge < -0.3 is 16.0 Å². The Bertz CT molecular complexity index is 860. The Balaban J connectivity index is 1.81. The fourth-order valence-corrected chi connectivity index (χ4v) is 4.11. The lowest BCUT2D eigenvalue weighted by Crippen LogP contribution is -2.53. The largest absolute Gasteiger partial charge is 0.368 e. The molecule has 150 valence electrons. The number of rotatable bonds is 5. The number of halogens is 1. The van der Waals surface area contributed by atoms with Crippen LogP contribution in [0.1, 0.15) is 33.6 Å². The standard InChI is InChI=1S/C20H25FN4O2S/c1-20(2,3)16(18(27)25-10-4-5-15(25)17(22)26)24-19-23-14(11-28-19)12-6-8-13(21)9-7-12/h6-9,11,15-16H,4-5,10H2,1-3H3,(H2,22,26)(H,23,24)/t15-,16+/m0/s1. The van der Waals surface area contributed by atoms with Crippen molar-refractivity contribution >= 4 is 28.3 Å². The molecule has 0 aliphatic carbocycles. The van der Waals surface area contributed by atoms with E-state index in [0.29, 0.717) is 23.8 Å². The van der Waals surface area contributed by atoms with E-state index in [1.807, 2.05) is 26.2 Å². The maximum Gasteiger partial charge on any atom is 0.246 e. The molecule has 0 unspecified atom stereocenters. The number of hydrogen-bond acceptors (Lipinski definition) is 5. The fraction of sp³-hybridized carbons (Fsp3) is 0.450. The minimum Gasteiger partial charge on any atom is -0.368 e. The zero-order valence-electron chi connectivity index (χ0n) is 16.2. The smallest absolute Gasteiger partial charge is 0.246 e. The van der Waals surface area contributed by atoms with Crippen LogP contribution in [-0.2, 0) is 9.59 Å². The first-order chi connectivity index (χ1) is 13.2. The molecule has 1 aliphatic heterocycles. The van der Waals surface area contributed by atoms with Crippen LogP contribution < -0.4 is 11.1 Å². The van der Waals surface area contributed by atoms with Gasteiger partial charge in [-0.2, -0.15) is 0 Å². The van der Waals surface area contributed by atoms with E-state index in [4.69, 9.17) is 5.73 Å². The van der Waals surface area contributed by atoms with Gasteiger partial charge in [0.1, 0.15) is 17.9 Å². The Morgan fingerprint density at radius 2 is 2.00 bits per heavy atom. The van der Waals surface area contributed by atoms with Gasteiger partial charge in [0, 0.05) is 17.5 Å². The zero-order valence-corrected chi connectivity index (χ0v) is 17.1. The molecular weight excluding hydrogens is 379 g/mol. The highest BCUT2D eigenvalue weighted by molar-refractivity contribution is 7.14. The van der Waals surface area contributed by atoms with Crippen molar-refractivity contribution in [2.24, 2.45) is 11.1 Å². The third-order valence-corrected chi connectivity index (χ3v) is 5.66. The highest BCUT2D eigenvalue weighted by atomic mass is 32.1. The molecule has 1 aliphatic rings. The van der Waals surface area contributed by atoms with Crippen LogP contribution in [0, 0.1) is 11.2 Å². The molecule has 1 saturated heterocycles. The molecule has 6 nitrogen and oxygen atoms in total. The average Bonchev–Trinajstić information content (AvgIpc) is 3.28. The second kappa shape index (κ2) is 7.87. The molecule has 3 rings (SSSR count). The Morgan fingerprint density at radius 3 is 2.61 bits per heavy atom. The molecule has 0 bridgehead atoms. The molecule has 0 saturated carbocycles. The molecule has 2 amide bonds. The molecular formula is C20H25FN4O2S. The molecule has 1 aromatic heterocycles. The van der Waals surface area contributed by atoms with Crippen molar-refractivity contribution in [2.45, 2.75) is 45.7 Å². The highest BCUT2D eigenvalue weighted by Gasteiger charge is 2.40. The summed E-state index contributed by atoms with van der Waals surface area (Å²) < 4.78 is 13.1. The number of hydrogen-bond donors (Lipinski definition) is 2. The monoisotopic (exact) mass is 404 g/mol. The van der Waals surface area contributed by atoms with Gasteiger partial charge in [-0.3, -0.25) is 9.59 Å². The van der Waals surface area contributed by atoms with Crippen molar-refractivity contribution in [1.82, 2.24) is 9.88 Å². The van der Waals surface area contributed by atoms with Crippen LogP contribution in [0.3, 0.4) is 0 Å². The van der Waals surface area contributed by atoms with Gasteiger partial charge in [-0.1, -0.05) is 20.8 Å². The number of carbonyl (C=O) groups excluding carboxylic acids is 2. The van der Waals surface area contributed by atoms with Crippen molar-refractivity contribution in [1.29, 1.82) is 0 Å². The van der Waals surface area contributed by atoms with Crippen molar-refractivity contribution < 1.29 is 14.0 Å². The summed E-state index contributed by atoms with van der Waals surface area (Å²) in [6.45, 7) is 6.42. The number of likely N-dealkylation sites (tertiary alicyclic amines) is 1. The average molecular weight is 405 g/mol. The van der Waals surface area contributed by atoms with Gasteiger partial charge in [-0.25, -0.2) is 9.37 Å². The highest BCUT2D eigenvalue weighted by Crippen LogP contribution is 2.31. The second-order valence-electron chi connectivity index (χ2n) is 8.08. The van der Waals surface area contributed by atoms with Crippen LogP contribution in [0.15, 0.2) is 29.6 Å².